The highest BCUT2D eigenvalue weighted by Crippen LogP contribution is 2.30. The first-order chi connectivity index (χ1) is 13.9. The first kappa shape index (κ1) is 21.2. The van der Waals surface area contributed by atoms with E-state index in [4.69, 9.17) is 9.57 Å². The molecule has 1 aromatic heterocycles. The van der Waals surface area contributed by atoms with E-state index in [-0.39, 0.29) is 30.2 Å². The Labute approximate surface area is 178 Å². The van der Waals surface area contributed by atoms with Gasteiger partial charge in [-0.15, -0.1) is 0 Å². The van der Waals surface area contributed by atoms with Crippen LogP contribution in [0.25, 0.3) is 0 Å². The van der Waals surface area contributed by atoms with Crippen molar-refractivity contribution in [3.63, 3.8) is 0 Å². The summed E-state index contributed by atoms with van der Waals surface area (Å²) in [5.74, 6) is -2.55. The van der Waals surface area contributed by atoms with Crippen molar-refractivity contribution in [2.45, 2.75) is 19.4 Å². The molecule has 2 aromatic rings. The third-order valence-corrected chi connectivity index (χ3v) is 4.99. The summed E-state index contributed by atoms with van der Waals surface area (Å²) in [6.45, 7) is 3.87. The minimum atomic E-state index is -1.16. The number of amides is 1. The van der Waals surface area contributed by atoms with Crippen LogP contribution in [-0.2, 0) is 22.5 Å². The summed E-state index contributed by atoms with van der Waals surface area (Å²) in [4.78, 5) is 30.2. The molecule has 2 heterocycles. The molecule has 29 heavy (non-hydrogen) atoms. The number of fused-ring (bicyclic) bond motifs is 1. The Hall–Kier alpha value is -2.47. The van der Waals surface area contributed by atoms with Crippen LogP contribution >= 0.6 is 22.6 Å². The number of halogens is 3. The maximum atomic E-state index is 14.9. The summed E-state index contributed by atoms with van der Waals surface area (Å²) < 4.78 is 35.9. The van der Waals surface area contributed by atoms with Gasteiger partial charge in [0, 0.05) is 15.8 Å². The van der Waals surface area contributed by atoms with Crippen LogP contribution in [-0.4, -0.2) is 23.7 Å². The number of anilines is 2. The van der Waals surface area contributed by atoms with Crippen molar-refractivity contribution in [1.29, 1.82) is 0 Å². The molecule has 0 radical (unpaired) electrons. The summed E-state index contributed by atoms with van der Waals surface area (Å²) in [7, 11) is 0. The van der Waals surface area contributed by atoms with Gasteiger partial charge in [-0.3, -0.25) is 14.4 Å². The third kappa shape index (κ3) is 4.58. The SMILES string of the molecule is C=COCCONC(=O)c1c(Nc2ccc(I)cc2F)c(F)c(=O)n2c1CCC2. The zero-order valence-corrected chi connectivity index (χ0v) is 17.4. The molecule has 0 fully saturated rings. The smallest absolute Gasteiger partial charge is 0.289 e. The Morgan fingerprint density at radius 2 is 2.14 bits per heavy atom. The van der Waals surface area contributed by atoms with Gasteiger partial charge in [0.25, 0.3) is 11.5 Å². The summed E-state index contributed by atoms with van der Waals surface area (Å²) in [5, 5.41) is 2.58. The molecule has 10 heteroatoms. The molecule has 0 unspecified atom stereocenters. The Morgan fingerprint density at radius 1 is 1.34 bits per heavy atom. The lowest BCUT2D eigenvalue weighted by molar-refractivity contribution is 0.0144. The fourth-order valence-electron chi connectivity index (χ4n) is 3.07. The minimum absolute atomic E-state index is 0.0315. The molecule has 1 aliphatic rings. The average molecular weight is 517 g/mol. The van der Waals surface area contributed by atoms with E-state index in [1.807, 2.05) is 22.6 Å². The van der Waals surface area contributed by atoms with Crippen LogP contribution in [0.1, 0.15) is 22.5 Å². The molecule has 0 saturated carbocycles. The molecule has 154 valence electrons. The van der Waals surface area contributed by atoms with E-state index in [1.54, 1.807) is 6.07 Å². The van der Waals surface area contributed by atoms with Crippen LogP contribution < -0.4 is 16.4 Å². The number of hydrogen-bond donors (Lipinski definition) is 2. The molecule has 1 amide bonds. The molecule has 1 aromatic carbocycles. The van der Waals surface area contributed by atoms with E-state index >= 15 is 0 Å². The lowest BCUT2D eigenvalue weighted by Gasteiger charge is -2.18. The lowest BCUT2D eigenvalue weighted by atomic mass is 10.1. The monoisotopic (exact) mass is 517 g/mol. The van der Waals surface area contributed by atoms with Crippen LogP contribution in [0.4, 0.5) is 20.2 Å². The first-order valence-electron chi connectivity index (χ1n) is 8.76. The number of nitrogens with one attached hydrogen (secondary N) is 2. The highest BCUT2D eigenvalue weighted by Gasteiger charge is 2.29. The second kappa shape index (κ2) is 9.35. The number of carbonyl (C=O) groups is 1. The van der Waals surface area contributed by atoms with Gasteiger partial charge in [-0.25, -0.2) is 9.87 Å². The van der Waals surface area contributed by atoms with Gasteiger partial charge < -0.3 is 14.6 Å². The van der Waals surface area contributed by atoms with Crippen molar-refractivity contribution in [2.75, 3.05) is 18.5 Å². The summed E-state index contributed by atoms with van der Waals surface area (Å²) in [6, 6.07) is 4.28. The number of nitrogens with zero attached hydrogens (tertiary/aromatic N) is 1. The maximum Gasteiger partial charge on any atom is 0.289 e. The Morgan fingerprint density at radius 3 is 2.86 bits per heavy atom. The minimum Gasteiger partial charge on any atom is -0.499 e. The number of rotatable bonds is 8. The molecule has 7 nitrogen and oxygen atoms in total. The maximum absolute atomic E-state index is 14.9. The standard InChI is InChI=1S/C19H18F2IN3O4/c1-2-28-8-9-29-24-18(26)15-14-4-3-7-25(14)19(27)16(21)17(15)23-13-6-5-11(22)10-12(13)20/h2,5-6,10,23H,1,3-4,7-9H2,(H,24,26). The number of ether oxygens (including phenoxy) is 1. The van der Waals surface area contributed by atoms with E-state index in [9.17, 15) is 18.4 Å². The highest BCUT2D eigenvalue weighted by atomic mass is 127. The van der Waals surface area contributed by atoms with Gasteiger partial charge >= 0.3 is 0 Å². The summed E-state index contributed by atoms with van der Waals surface area (Å²) in [5.41, 5.74) is 1.19. The first-order valence-corrected chi connectivity index (χ1v) is 9.83. The summed E-state index contributed by atoms with van der Waals surface area (Å²) >= 11 is 1.94. The number of carbonyl (C=O) groups excluding carboxylic acids is 1. The Kier molecular flexibility index (Phi) is 6.85. The zero-order valence-electron chi connectivity index (χ0n) is 15.3. The van der Waals surface area contributed by atoms with Gasteiger partial charge in [0.15, 0.2) is 0 Å². The van der Waals surface area contributed by atoms with E-state index < -0.39 is 23.1 Å². The molecule has 0 bridgehead atoms. The fourth-order valence-corrected chi connectivity index (χ4v) is 3.52. The third-order valence-electron chi connectivity index (χ3n) is 4.32. The molecular weight excluding hydrogens is 499 g/mol. The van der Waals surface area contributed by atoms with Crippen molar-refractivity contribution < 1.29 is 23.1 Å². The van der Waals surface area contributed by atoms with E-state index in [0.29, 0.717) is 28.7 Å². The molecule has 0 aliphatic carbocycles. The van der Waals surface area contributed by atoms with Gasteiger partial charge in [0.1, 0.15) is 19.0 Å². The van der Waals surface area contributed by atoms with E-state index in [1.165, 1.54) is 23.0 Å². The van der Waals surface area contributed by atoms with Gasteiger partial charge in [-0.2, -0.15) is 4.39 Å². The molecule has 0 saturated heterocycles. The van der Waals surface area contributed by atoms with Crippen LogP contribution in [0, 0.1) is 15.2 Å². The van der Waals surface area contributed by atoms with E-state index in [0.717, 1.165) is 0 Å². The number of pyridine rings is 1. The van der Waals surface area contributed by atoms with E-state index in [2.05, 4.69) is 17.4 Å². The molecule has 0 spiro atoms. The number of hydrogen-bond acceptors (Lipinski definition) is 5. The van der Waals surface area contributed by atoms with Gasteiger partial charge in [-0.05, 0) is 53.6 Å². The van der Waals surface area contributed by atoms with Crippen LogP contribution in [0.15, 0.2) is 35.8 Å². The molecule has 3 rings (SSSR count). The fraction of sp³-hybridized carbons (Fsp3) is 0.263. The number of hydroxylamine groups is 1. The normalized spacial score (nSPS) is 12.4. The van der Waals surface area contributed by atoms with Crippen LogP contribution in [0.2, 0.25) is 0 Å². The highest BCUT2D eigenvalue weighted by molar-refractivity contribution is 14.1. The topological polar surface area (TPSA) is 81.6 Å². The Bertz CT molecular complexity index is 1010. The lowest BCUT2D eigenvalue weighted by Crippen LogP contribution is -2.32. The van der Waals surface area contributed by atoms with Crippen LogP contribution in [0.3, 0.4) is 0 Å². The van der Waals surface area contributed by atoms with Crippen molar-refractivity contribution >= 4 is 39.9 Å². The predicted octanol–water partition coefficient (Wildman–Crippen LogP) is 3.24. The molecule has 0 atom stereocenters. The molecule has 1 aliphatic heterocycles. The van der Waals surface area contributed by atoms with Gasteiger partial charge in [-0.1, -0.05) is 6.58 Å². The second-order valence-corrected chi connectivity index (χ2v) is 7.38. The zero-order chi connectivity index (χ0) is 21.0. The van der Waals surface area contributed by atoms with Gasteiger partial charge in [0.05, 0.1) is 23.2 Å². The van der Waals surface area contributed by atoms with Crippen molar-refractivity contribution in [3.05, 3.63) is 67.9 Å². The Balaban J connectivity index is 1.98. The quantitative estimate of drug-likeness (QED) is 0.243. The summed E-state index contributed by atoms with van der Waals surface area (Å²) in [6.07, 6.45) is 2.22. The molecular formula is C19H18F2IN3O4. The number of aromatic nitrogens is 1. The average Bonchev–Trinajstić information content (AvgIpc) is 3.17. The van der Waals surface area contributed by atoms with Crippen LogP contribution in [0.5, 0.6) is 0 Å². The van der Waals surface area contributed by atoms with Crippen molar-refractivity contribution in [3.8, 4) is 0 Å². The predicted molar refractivity (Wildman–Crippen MR) is 111 cm³/mol. The second-order valence-electron chi connectivity index (χ2n) is 6.14. The van der Waals surface area contributed by atoms with Crippen molar-refractivity contribution in [1.82, 2.24) is 10.0 Å². The number of benzene rings is 1. The largest absolute Gasteiger partial charge is 0.499 e. The molecule has 2 N–H and O–H groups in total. The van der Waals surface area contributed by atoms with Crippen molar-refractivity contribution in [2.24, 2.45) is 0 Å². The van der Waals surface area contributed by atoms with Gasteiger partial charge in [0.2, 0.25) is 5.82 Å².